The lowest BCUT2D eigenvalue weighted by Crippen LogP contribution is -2.14. The molecule has 0 aliphatic rings. The minimum Gasteiger partial charge on any atom is -0.493 e. The van der Waals surface area contributed by atoms with Gasteiger partial charge in [0, 0.05) is 13.2 Å². The van der Waals surface area contributed by atoms with Crippen LogP contribution in [-0.4, -0.2) is 45.6 Å². The molecule has 28 heavy (non-hydrogen) atoms. The predicted molar refractivity (Wildman–Crippen MR) is 105 cm³/mol. The van der Waals surface area contributed by atoms with E-state index in [1.165, 1.54) is 4.68 Å². The molecule has 148 valence electrons. The van der Waals surface area contributed by atoms with Crippen molar-refractivity contribution in [2.45, 2.75) is 25.8 Å². The third-order valence-corrected chi connectivity index (χ3v) is 4.21. The van der Waals surface area contributed by atoms with Crippen molar-refractivity contribution in [1.82, 2.24) is 25.5 Å². The number of unbranched alkanes of at least 4 members (excludes halogenated alkanes) is 2. The fourth-order valence-electron chi connectivity index (χ4n) is 2.75. The average Bonchev–Trinajstić information content (AvgIpc) is 3.20. The highest BCUT2D eigenvalue weighted by atomic mass is 16.5. The van der Waals surface area contributed by atoms with Crippen LogP contribution in [0.2, 0.25) is 0 Å². The molecule has 0 spiro atoms. The molecule has 8 nitrogen and oxygen atoms in total. The molecule has 2 aromatic carbocycles. The van der Waals surface area contributed by atoms with Gasteiger partial charge in [-0.15, -0.1) is 0 Å². The Kier molecular flexibility index (Phi) is 7.34. The largest absolute Gasteiger partial charge is 0.493 e. The van der Waals surface area contributed by atoms with Crippen molar-refractivity contribution in [2.75, 3.05) is 20.3 Å². The van der Waals surface area contributed by atoms with Gasteiger partial charge in [0.15, 0.2) is 11.5 Å². The van der Waals surface area contributed by atoms with E-state index >= 15 is 0 Å². The van der Waals surface area contributed by atoms with E-state index in [0.29, 0.717) is 11.5 Å². The number of ether oxygens (including phenoxy) is 2. The monoisotopic (exact) mass is 383 g/mol. The molecular formula is C20H25N5O3. The first kappa shape index (κ1) is 19.8. The Balaban J connectivity index is 1.65. The first-order valence-corrected chi connectivity index (χ1v) is 9.32. The van der Waals surface area contributed by atoms with E-state index in [9.17, 15) is 0 Å². The molecule has 1 aromatic heterocycles. The first-order valence-electron chi connectivity index (χ1n) is 9.32. The summed E-state index contributed by atoms with van der Waals surface area (Å²) in [7, 11) is 1.61. The normalized spacial score (nSPS) is 10.8. The molecule has 0 atom stereocenters. The van der Waals surface area contributed by atoms with Crippen LogP contribution < -0.4 is 14.8 Å². The van der Waals surface area contributed by atoms with E-state index in [2.05, 4.69) is 20.8 Å². The number of rotatable bonds is 11. The van der Waals surface area contributed by atoms with Crippen molar-refractivity contribution in [3.05, 3.63) is 54.1 Å². The van der Waals surface area contributed by atoms with Crippen LogP contribution in [0.1, 0.15) is 24.8 Å². The Morgan fingerprint density at radius 1 is 1.04 bits per heavy atom. The summed E-state index contributed by atoms with van der Waals surface area (Å²) in [6.07, 6.45) is 2.92. The average molecular weight is 383 g/mol. The van der Waals surface area contributed by atoms with Gasteiger partial charge in [0.2, 0.25) is 0 Å². The summed E-state index contributed by atoms with van der Waals surface area (Å²) < 4.78 is 12.9. The first-order chi connectivity index (χ1) is 13.8. The van der Waals surface area contributed by atoms with Gasteiger partial charge in [0.05, 0.1) is 12.8 Å². The maximum Gasteiger partial charge on any atom is 0.346 e. The molecule has 0 aliphatic heterocycles. The number of para-hydroxylation sites is 1. The van der Waals surface area contributed by atoms with Crippen LogP contribution in [0.25, 0.3) is 5.69 Å². The molecular weight excluding hydrogens is 358 g/mol. The van der Waals surface area contributed by atoms with Crippen molar-refractivity contribution in [3.8, 4) is 23.2 Å². The van der Waals surface area contributed by atoms with Gasteiger partial charge >= 0.3 is 6.01 Å². The molecule has 0 aliphatic carbocycles. The SMILES string of the molecule is COc1cc(CNCCCCCO)ccc1Oc1nnnn1-c1ccccc1. The third kappa shape index (κ3) is 5.28. The molecule has 3 aromatic rings. The second-order valence-electron chi connectivity index (χ2n) is 6.26. The summed E-state index contributed by atoms with van der Waals surface area (Å²) in [6.45, 7) is 1.90. The molecule has 2 N–H and O–H groups in total. The number of nitrogens with one attached hydrogen (secondary N) is 1. The second kappa shape index (κ2) is 10.4. The number of aromatic nitrogens is 4. The minimum atomic E-state index is 0.256. The number of aliphatic hydroxyl groups excluding tert-OH is 1. The summed E-state index contributed by atoms with van der Waals surface area (Å²) >= 11 is 0. The lowest BCUT2D eigenvalue weighted by Gasteiger charge is -2.12. The Labute approximate surface area is 164 Å². The standard InChI is InChI=1S/C20H25N5O3/c1-27-19-14-16(15-21-12-6-3-7-13-26)10-11-18(19)28-20-22-23-24-25(20)17-8-4-2-5-9-17/h2,4-5,8-11,14,21,26H,3,6-7,12-13,15H2,1H3. The topological polar surface area (TPSA) is 94.3 Å². The number of methoxy groups -OCH3 is 1. The van der Waals surface area contributed by atoms with Crippen LogP contribution >= 0.6 is 0 Å². The predicted octanol–water partition coefficient (Wildman–Crippen LogP) is 2.72. The number of tetrazole rings is 1. The number of benzene rings is 2. The summed E-state index contributed by atoms with van der Waals surface area (Å²) in [4.78, 5) is 0. The third-order valence-electron chi connectivity index (χ3n) is 4.21. The fraction of sp³-hybridized carbons (Fsp3) is 0.350. The smallest absolute Gasteiger partial charge is 0.346 e. The van der Waals surface area contributed by atoms with Gasteiger partial charge < -0.3 is 19.9 Å². The van der Waals surface area contributed by atoms with Gasteiger partial charge in [-0.05, 0) is 66.1 Å². The highest BCUT2D eigenvalue weighted by molar-refractivity contribution is 5.44. The number of hydrogen-bond acceptors (Lipinski definition) is 7. The maximum atomic E-state index is 8.80. The van der Waals surface area contributed by atoms with E-state index in [0.717, 1.165) is 43.6 Å². The molecule has 1 heterocycles. The van der Waals surface area contributed by atoms with Crippen molar-refractivity contribution in [2.24, 2.45) is 0 Å². The molecule has 8 heteroatoms. The van der Waals surface area contributed by atoms with Crippen LogP contribution in [0.3, 0.4) is 0 Å². The molecule has 0 amide bonds. The molecule has 0 bridgehead atoms. The molecule has 0 saturated heterocycles. The molecule has 0 unspecified atom stereocenters. The van der Waals surface area contributed by atoms with Crippen molar-refractivity contribution in [1.29, 1.82) is 0 Å². The highest BCUT2D eigenvalue weighted by Crippen LogP contribution is 2.32. The van der Waals surface area contributed by atoms with Gasteiger partial charge in [-0.1, -0.05) is 29.4 Å². The summed E-state index contributed by atoms with van der Waals surface area (Å²) in [6, 6.07) is 15.6. The van der Waals surface area contributed by atoms with E-state index < -0.39 is 0 Å². The highest BCUT2D eigenvalue weighted by Gasteiger charge is 2.14. The van der Waals surface area contributed by atoms with E-state index in [-0.39, 0.29) is 12.6 Å². The van der Waals surface area contributed by atoms with Gasteiger partial charge in [-0.25, -0.2) is 0 Å². The van der Waals surface area contributed by atoms with Gasteiger partial charge in [0.25, 0.3) is 0 Å². The lowest BCUT2D eigenvalue weighted by atomic mass is 10.2. The summed E-state index contributed by atoms with van der Waals surface area (Å²) in [5.41, 5.74) is 1.90. The summed E-state index contributed by atoms with van der Waals surface area (Å²) in [5, 5.41) is 23.9. The maximum absolute atomic E-state index is 8.80. The van der Waals surface area contributed by atoms with Gasteiger partial charge in [-0.2, -0.15) is 4.68 Å². The van der Waals surface area contributed by atoms with Gasteiger partial charge in [0.1, 0.15) is 0 Å². The number of hydrogen-bond donors (Lipinski definition) is 2. The van der Waals surface area contributed by atoms with E-state index in [1.54, 1.807) is 7.11 Å². The van der Waals surface area contributed by atoms with Crippen LogP contribution in [-0.2, 0) is 6.54 Å². The van der Waals surface area contributed by atoms with Crippen molar-refractivity contribution < 1.29 is 14.6 Å². The van der Waals surface area contributed by atoms with Crippen LogP contribution in [0.4, 0.5) is 0 Å². The summed E-state index contributed by atoms with van der Waals surface area (Å²) in [5.74, 6) is 1.16. The van der Waals surface area contributed by atoms with Crippen LogP contribution in [0.5, 0.6) is 17.5 Å². The Morgan fingerprint density at radius 2 is 1.89 bits per heavy atom. The van der Waals surface area contributed by atoms with E-state index in [4.69, 9.17) is 14.6 Å². The quantitative estimate of drug-likeness (QED) is 0.492. The Morgan fingerprint density at radius 3 is 2.68 bits per heavy atom. The number of aliphatic hydroxyl groups is 1. The molecule has 3 rings (SSSR count). The number of nitrogens with zero attached hydrogens (tertiary/aromatic N) is 4. The molecule has 0 radical (unpaired) electrons. The van der Waals surface area contributed by atoms with E-state index in [1.807, 2.05) is 48.5 Å². The van der Waals surface area contributed by atoms with Crippen molar-refractivity contribution >= 4 is 0 Å². The molecule has 0 fully saturated rings. The lowest BCUT2D eigenvalue weighted by molar-refractivity contribution is 0.283. The zero-order chi connectivity index (χ0) is 19.6. The fourth-order valence-corrected chi connectivity index (χ4v) is 2.75. The zero-order valence-corrected chi connectivity index (χ0v) is 15.9. The zero-order valence-electron chi connectivity index (χ0n) is 15.9. The van der Waals surface area contributed by atoms with Crippen LogP contribution in [0, 0.1) is 0 Å². The second-order valence-corrected chi connectivity index (χ2v) is 6.26. The Bertz CT molecular complexity index is 854. The van der Waals surface area contributed by atoms with Crippen molar-refractivity contribution in [3.63, 3.8) is 0 Å². The van der Waals surface area contributed by atoms with Crippen LogP contribution in [0.15, 0.2) is 48.5 Å². The minimum absolute atomic E-state index is 0.256. The van der Waals surface area contributed by atoms with Gasteiger partial charge in [-0.3, -0.25) is 0 Å². The Hall–Kier alpha value is -2.97. The molecule has 0 saturated carbocycles.